The third-order valence-corrected chi connectivity index (χ3v) is 2.54. The fourth-order valence-corrected chi connectivity index (χ4v) is 1.57. The van der Waals surface area contributed by atoms with Crippen LogP contribution in [0.1, 0.15) is 44.6 Å². The molecule has 1 aromatic heterocycles. The van der Waals surface area contributed by atoms with E-state index < -0.39 is 0 Å². The standard InChI is InChI=1S/C14H25N3O2/c1-5-6-18-7-8-19-13-10-16-14(11(2)3)17-12(13)9-15-4/h10-11,15H,5-9H2,1-4H3. The third kappa shape index (κ3) is 5.53. The van der Waals surface area contributed by atoms with Gasteiger partial charge in [-0.25, -0.2) is 9.97 Å². The molecule has 19 heavy (non-hydrogen) atoms. The van der Waals surface area contributed by atoms with Gasteiger partial charge in [0.2, 0.25) is 0 Å². The molecule has 0 radical (unpaired) electrons. The molecule has 0 aliphatic heterocycles. The Kier molecular flexibility index (Phi) is 7.36. The van der Waals surface area contributed by atoms with Crippen LogP contribution in [0.15, 0.2) is 6.20 Å². The zero-order chi connectivity index (χ0) is 14.1. The molecule has 0 atom stereocenters. The maximum absolute atomic E-state index is 5.68. The van der Waals surface area contributed by atoms with Crippen molar-refractivity contribution in [3.63, 3.8) is 0 Å². The Morgan fingerprint density at radius 2 is 2.05 bits per heavy atom. The summed E-state index contributed by atoms with van der Waals surface area (Å²) in [6.45, 7) is 8.82. The van der Waals surface area contributed by atoms with Gasteiger partial charge in [0, 0.05) is 19.1 Å². The molecule has 0 saturated heterocycles. The molecule has 1 heterocycles. The van der Waals surface area contributed by atoms with Crippen LogP contribution in [0.5, 0.6) is 5.75 Å². The predicted molar refractivity (Wildman–Crippen MR) is 75.5 cm³/mol. The summed E-state index contributed by atoms with van der Waals surface area (Å²) in [5, 5.41) is 3.10. The first-order chi connectivity index (χ1) is 9.19. The first-order valence-electron chi connectivity index (χ1n) is 6.90. The number of aromatic nitrogens is 2. The molecule has 5 heteroatoms. The van der Waals surface area contributed by atoms with Crippen molar-refractivity contribution in [3.05, 3.63) is 17.7 Å². The summed E-state index contributed by atoms with van der Waals surface area (Å²) in [5.74, 6) is 1.90. The van der Waals surface area contributed by atoms with Crippen molar-refractivity contribution in [2.24, 2.45) is 0 Å². The van der Waals surface area contributed by atoms with Crippen LogP contribution >= 0.6 is 0 Å². The second-order valence-corrected chi connectivity index (χ2v) is 4.69. The topological polar surface area (TPSA) is 56.3 Å². The molecular weight excluding hydrogens is 242 g/mol. The number of ether oxygens (including phenoxy) is 2. The maximum Gasteiger partial charge on any atom is 0.160 e. The molecule has 1 N–H and O–H groups in total. The molecule has 0 aliphatic carbocycles. The lowest BCUT2D eigenvalue weighted by atomic mass is 10.2. The van der Waals surface area contributed by atoms with Gasteiger partial charge in [0.15, 0.2) is 5.75 Å². The van der Waals surface area contributed by atoms with Gasteiger partial charge >= 0.3 is 0 Å². The van der Waals surface area contributed by atoms with Gasteiger partial charge in [0.1, 0.15) is 12.4 Å². The minimum absolute atomic E-state index is 0.317. The van der Waals surface area contributed by atoms with Crippen molar-refractivity contribution in [3.8, 4) is 5.75 Å². The average Bonchev–Trinajstić information content (AvgIpc) is 2.40. The van der Waals surface area contributed by atoms with E-state index in [1.165, 1.54) is 0 Å². The fraction of sp³-hybridized carbons (Fsp3) is 0.714. The second-order valence-electron chi connectivity index (χ2n) is 4.69. The molecule has 0 unspecified atom stereocenters. The van der Waals surface area contributed by atoms with E-state index >= 15 is 0 Å². The van der Waals surface area contributed by atoms with Gasteiger partial charge in [0.05, 0.1) is 18.5 Å². The zero-order valence-corrected chi connectivity index (χ0v) is 12.4. The number of rotatable bonds is 9. The quantitative estimate of drug-likeness (QED) is 0.695. The Bertz CT molecular complexity index is 370. The van der Waals surface area contributed by atoms with Crippen LogP contribution in [0, 0.1) is 0 Å². The molecule has 108 valence electrons. The molecule has 0 fully saturated rings. The van der Waals surface area contributed by atoms with Crippen molar-refractivity contribution in [2.45, 2.75) is 39.7 Å². The van der Waals surface area contributed by atoms with Gasteiger partial charge in [-0.05, 0) is 13.5 Å². The van der Waals surface area contributed by atoms with Crippen molar-refractivity contribution in [1.82, 2.24) is 15.3 Å². The molecule has 0 spiro atoms. The van der Waals surface area contributed by atoms with E-state index in [0.29, 0.717) is 25.7 Å². The summed E-state index contributed by atoms with van der Waals surface area (Å²) in [5.41, 5.74) is 0.900. The molecule has 0 aromatic carbocycles. The Morgan fingerprint density at radius 1 is 1.26 bits per heavy atom. The molecule has 0 aliphatic rings. The largest absolute Gasteiger partial charge is 0.488 e. The molecule has 1 aromatic rings. The summed E-state index contributed by atoms with van der Waals surface area (Å²) >= 11 is 0. The summed E-state index contributed by atoms with van der Waals surface area (Å²) in [7, 11) is 1.89. The van der Waals surface area contributed by atoms with Crippen molar-refractivity contribution < 1.29 is 9.47 Å². The minimum Gasteiger partial charge on any atom is -0.488 e. The molecule has 0 bridgehead atoms. The predicted octanol–water partition coefficient (Wildman–Crippen LogP) is 2.12. The van der Waals surface area contributed by atoms with E-state index in [9.17, 15) is 0 Å². The van der Waals surface area contributed by atoms with E-state index in [-0.39, 0.29) is 0 Å². The highest BCUT2D eigenvalue weighted by molar-refractivity contribution is 5.25. The van der Waals surface area contributed by atoms with Gasteiger partial charge in [-0.2, -0.15) is 0 Å². The molecule has 0 amide bonds. The lowest BCUT2D eigenvalue weighted by Gasteiger charge is -2.12. The van der Waals surface area contributed by atoms with Crippen molar-refractivity contribution >= 4 is 0 Å². The van der Waals surface area contributed by atoms with Gasteiger partial charge in [-0.1, -0.05) is 20.8 Å². The van der Waals surface area contributed by atoms with Crippen molar-refractivity contribution in [2.75, 3.05) is 26.9 Å². The Labute approximate surface area is 115 Å². The SMILES string of the molecule is CCCOCCOc1cnc(C(C)C)nc1CNC. The van der Waals surface area contributed by atoms with Crippen LogP contribution in [0.4, 0.5) is 0 Å². The van der Waals surface area contributed by atoms with Crippen LogP contribution in [0.3, 0.4) is 0 Å². The first-order valence-corrected chi connectivity index (χ1v) is 6.90. The Hall–Kier alpha value is -1.20. The minimum atomic E-state index is 0.317. The zero-order valence-electron chi connectivity index (χ0n) is 12.4. The molecular formula is C14H25N3O2. The highest BCUT2D eigenvalue weighted by Crippen LogP contribution is 2.18. The van der Waals surface area contributed by atoms with E-state index in [2.05, 4.69) is 36.1 Å². The van der Waals surface area contributed by atoms with E-state index in [1.807, 2.05) is 7.05 Å². The number of hydrogen-bond donors (Lipinski definition) is 1. The van der Waals surface area contributed by atoms with Crippen molar-refractivity contribution in [1.29, 1.82) is 0 Å². The molecule has 0 saturated carbocycles. The van der Waals surface area contributed by atoms with Gasteiger partial charge in [0.25, 0.3) is 0 Å². The lowest BCUT2D eigenvalue weighted by molar-refractivity contribution is 0.0999. The van der Waals surface area contributed by atoms with E-state index in [1.54, 1.807) is 6.20 Å². The average molecular weight is 267 g/mol. The lowest BCUT2D eigenvalue weighted by Crippen LogP contribution is -2.14. The van der Waals surface area contributed by atoms with Gasteiger partial charge < -0.3 is 14.8 Å². The fourth-order valence-electron chi connectivity index (χ4n) is 1.57. The summed E-state index contributed by atoms with van der Waals surface area (Å²) < 4.78 is 11.1. The monoisotopic (exact) mass is 267 g/mol. The van der Waals surface area contributed by atoms with E-state index in [0.717, 1.165) is 30.3 Å². The normalized spacial score (nSPS) is 11.0. The van der Waals surface area contributed by atoms with Crippen LogP contribution in [0.2, 0.25) is 0 Å². The van der Waals surface area contributed by atoms with Gasteiger partial charge in [-0.15, -0.1) is 0 Å². The van der Waals surface area contributed by atoms with Crippen LogP contribution in [0.25, 0.3) is 0 Å². The Balaban J connectivity index is 2.60. The van der Waals surface area contributed by atoms with Gasteiger partial charge in [-0.3, -0.25) is 0 Å². The molecule has 5 nitrogen and oxygen atoms in total. The number of nitrogens with one attached hydrogen (secondary N) is 1. The smallest absolute Gasteiger partial charge is 0.160 e. The highest BCUT2D eigenvalue weighted by atomic mass is 16.5. The summed E-state index contributed by atoms with van der Waals surface area (Å²) in [4.78, 5) is 8.87. The molecule has 1 rings (SSSR count). The van der Waals surface area contributed by atoms with Crippen LogP contribution in [-0.4, -0.2) is 36.8 Å². The van der Waals surface area contributed by atoms with Crippen LogP contribution in [-0.2, 0) is 11.3 Å². The van der Waals surface area contributed by atoms with E-state index in [4.69, 9.17) is 9.47 Å². The second kappa shape index (κ2) is 8.82. The number of hydrogen-bond acceptors (Lipinski definition) is 5. The first kappa shape index (κ1) is 15.9. The maximum atomic E-state index is 5.68. The highest BCUT2D eigenvalue weighted by Gasteiger charge is 2.10. The summed E-state index contributed by atoms with van der Waals surface area (Å²) in [6.07, 6.45) is 2.78. The summed E-state index contributed by atoms with van der Waals surface area (Å²) in [6, 6.07) is 0. The third-order valence-electron chi connectivity index (χ3n) is 2.54. The van der Waals surface area contributed by atoms with Crippen LogP contribution < -0.4 is 10.1 Å². The Morgan fingerprint density at radius 3 is 2.68 bits per heavy atom. The number of nitrogens with zero attached hydrogens (tertiary/aromatic N) is 2.